The number of ether oxygens (including phenoxy) is 2. The number of halogens is 1. The number of nitrogens with one attached hydrogen (secondary N) is 1. The molecule has 26 heavy (non-hydrogen) atoms. The number of benzene rings is 2. The first-order valence-electron chi connectivity index (χ1n) is 8.15. The molecule has 0 fully saturated rings. The van der Waals surface area contributed by atoms with Gasteiger partial charge in [0.1, 0.15) is 0 Å². The first kappa shape index (κ1) is 20.0. The lowest BCUT2D eigenvalue weighted by Gasteiger charge is -2.16. The topological polar surface area (TPSA) is 46.1 Å². The second-order valence-corrected chi connectivity index (χ2v) is 6.17. The second-order valence-electron chi connectivity index (χ2n) is 5.38. The molecule has 0 saturated heterocycles. The minimum absolute atomic E-state index is 0.465. The fraction of sp³-hybridized carbons (Fsp3) is 0.263. The molecule has 0 amide bonds. The zero-order chi connectivity index (χ0) is 18.9. The van der Waals surface area contributed by atoms with Gasteiger partial charge in [-0.2, -0.15) is 5.10 Å². The maximum absolute atomic E-state index is 6.25. The number of rotatable bonds is 7. The van der Waals surface area contributed by atoms with Gasteiger partial charge in [-0.25, -0.2) is 5.01 Å². The van der Waals surface area contributed by atoms with E-state index < -0.39 is 0 Å². The van der Waals surface area contributed by atoms with Crippen LogP contribution in [0, 0.1) is 0 Å². The van der Waals surface area contributed by atoms with Crippen molar-refractivity contribution in [1.82, 2.24) is 10.3 Å². The Morgan fingerprint density at radius 3 is 2.69 bits per heavy atom. The minimum atomic E-state index is 0.465. The van der Waals surface area contributed by atoms with Gasteiger partial charge < -0.3 is 14.8 Å². The molecule has 0 aromatic heterocycles. The lowest BCUT2D eigenvalue weighted by molar-refractivity contribution is 0.311. The van der Waals surface area contributed by atoms with Crippen LogP contribution in [0.5, 0.6) is 11.5 Å². The van der Waals surface area contributed by atoms with E-state index in [0.29, 0.717) is 34.8 Å². The highest BCUT2D eigenvalue weighted by Gasteiger charge is 2.11. The number of hydrogen-bond acceptors (Lipinski definition) is 4. The highest BCUT2D eigenvalue weighted by atomic mass is 35.5. The van der Waals surface area contributed by atoms with E-state index in [1.54, 1.807) is 31.4 Å². The van der Waals surface area contributed by atoms with Crippen molar-refractivity contribution in [2.45, 2.75) is 13.5 Å². The summed E-state index contributed by atoms with van der Waals surface area (Å²) in [5, 5.41) is 10.1. The summed E-state index contributed by atoms with van der Waals surface area (Å²) in [7, 11) is 3.34. The molecular weight excluding hydrogens is 370 g/mol. The van der Waals surface area contributed by atoms with Crippen molar-refractivity contribution in [2.24, 2.45) is 5.10 Å². The number of nitrogens with zero attached hydrogens (tertiary/aromatic N) is 2. The smallest absolute Gasteiger partial charge is 0.189 e. The van der Waals surface area contributed by atoms with Crippen LogP contribution in [-0.4, -0.2) is 37.1 Å². The van der Waals surface area contributed by atoms with Gasteiger partial charge in [-0.15, -0.1) is 0 Å². The molecule has 0 saturated carbocycles. The number of hydrazone groups is 1. The summed E-state index contributed by atoms with van der Waals surface area (Å²) in [5.74, 6) is 1.09. The second kappa shape index (κ2) is 9.99. The van der Waals surface area contributed by atoms with E-state index in [-0.39, 0.29) is 0 Å². The molecule has 2 rings (SSSR count). The van der Waals surface area contributed by atoms with Crippen LogP contribution in [0.3, 0.4) is 0 Å². The summed E-state index contributed by atoms with van der Waals surface area (Å²) in [6.07, 6.45) is 1.67. The molecule has 0 bridgehead atoms. The molecule has 0 aliphatic carbocycles. The number of hydrogen-bond donors (Lipinski definition) is 1. The third kappa shape index (κ3) is 5.61. The van der Waals surface area contributed by atoms with Crippen molar-refractivity contribution in [3.05, 3.63) is 58.6 Å². The zero-order valence-electron chi connectivity index (χ0n) is 15.0. The van der Waals surface area contributed by atoms with Crippen LogP contribution in [-0.2, 0) is 6.54 Å². The molecule has 1 N–H and O–H groups in total. The Bertz CT molecular complexity index is 769. The Balaban J connectivity index is 2.02. The van der Waals surface area contributed by atoms with Gasteiger partial charge in [0.15, 0.2) is 16.6 Å². The highest BCUT2D eigenvalue weighted by molar-refractivity contribution is 7.80. The van der Waals surface area contributed by atoms with E-state index in [1.165, 1.54) is 0 Å². The number of thiocarbonyl (C=S) groups is 1. The van der Waals surface area contributed by atoms with E-state index in [4.69, 9.17) is 33.3 Å². The van der Waals surface area contributed by atoms with Crippen LogP contribution >= 0.6 is 23.8 Å². The summed E-state index contributed by atoms with van der Waals surface area (Å²) in [5.41, 5.74) is 1.94. The van der Waals surface area contributed by atoms with Crippen molar-refractivity contribution in [2.75, 3.05) is 20.8 Å². The predicted molar refractivity (Wildman–Crippen MR) is 110 cm³/mol. The molecule has 5 nitrogen and oxygen atoms in total. The molecule has 138 valence electrons. The molecular formula is C19H22ClN3O2S. The molecule has 0 spiro atoms. The van der Waals surface area contributed by atoms with Crippen LogP contribution < -0.4 is 14.8 Å². The Hall–Kier alpha value is -2.31. The standard InChI is InChI=1S/C19H22ClN3O2S/c1-4-25-17-11-15(10-16(20)18(17)24-3)13-22-23(2)19(26)21-12-14-8-6-5-7-9-14/h5-11,13H,4,12H2,1-3H3,(H,21,26)/b22-13-. The third-order valence-corrected chi connectivity index (χ3v) is 4.19. The maximum atomic E-state index is 6.25. The van der Waals surface area contributed by atoms with Crippen LogP contribution in [0.1, 0.15) is 18.1 Å². The minimum Gasteiger partial charge on any atom is -0.491 e. The first-order valence-corrected chi connectivity index (χ1v) is 8.93. The summed E-state index contributed by atoms with van der Waals surface area (Å²) < 4.78 is 10.8. The molecule has 0 unspecified atom stereocenters. The zero-order valence-corrected chi connectivity index (χ0v) is 16.6. The SMILES string of the molecule is CCOc1cc(/C=N\N(C)C(=S)NCc2ccccc2)cc(Cl)c1OC. The van der Waals surface area contributed by atoms with Gasteiger partial charge in [0.25, 0.3) is 0 Å². The van der Waals surface area contributed by atoms with Crippen LogP contribution in [0.2, 0.25) is 5.02 Å². The number of methoxy groups -OCH3 is 1. The fourth-order valence-electron chi connectivity index (χ4n) is 2.22. The fourth-order valence-corrected chi connectivity index (χ4v) is 2.63. The molecule has 0 atom stereocenters. The Labute approximate surface area is 164 Å². The summed E-state index contributed by atoms with van der Waals surface area (Å²) in [6, 6.07) is 13.6. The first-order chi connectivity index (χ1) is 12.5. The quantitative estimate of drug-likeness (QED) is 0.437. The summed E-state index contributed by atoms with van der Waals surface area (Å²) in [4.78, 5) is 0. The third-order valence-electron chi connectivity index (χ3n) is 3.50. The predicted octanol–water partition coefficient (Wildman–Crippen LogP) is 4.09. The Morgan fingerprint density at radius 2 is 2.04 bits per heavy atom. The molecule has 7 heteroatoms. The molecule has 2 aromatic carbocycles. The highest BCUT2D eigenvalue weighted by Crippen LogP contribution is 2.35. The average Bonchev–Trinajstić information content (AvgIpc) is 2.65. The van der Waals surface area contributed by atoms with Crippen molar-refractivity contribution in [1.29, 1.82) is 0 Å². The lowest BCUT2D eigenvalue weighted by atomic mass is 10.2. The van der Waals surface area contributed by atoms with Gasteiger partial charge in [0.05, 0.1) is 25.0 Å². The summed E-state index contributed by atoms with van der Waals surface area (Å²) >= 11 is 11.6. The molecule has 0 aliphatic heterocycles. The van der Waals surface area contributed by atoms with E-state index in [0.717, 1.165) is 11.1 Å². The van der Waals surface area contributed by atoms with Crippen molar-refractivity contribution in [3.8, 4) is 11.5 Å². The normalized spacial score (nSPS) is 10.6. The van der Waals surface area contributed by atoms with Crippen molar-refractivity contribution in [3.63, 3.8) is 0 Å². The Kier molecular flexibility index (Phi) is 7.69. The average molecular weight is 392 g/mol. The molecule has 0 heterocycles. The van der Waals surface area contributed by atoms with Gasteiger partial charge in [-0.3, -0.25) is 0 Å². The van der Waals surface area contributed by atoms with Crippen LogP contribution in [0.15, 0.2) is 47.6 Å². The summed E-state index contributed by atoms with van der Waals surface area (Å²) in [6.45, 7) is 3.06. The van der Waals surface area contributed by atoms with E-state index >= 15 is 0 Å². The van der Waals surface area contributed by atoms with Crippen molar-refractivity contribution >= 4 is 35.1 Å². The molecule has 2 aromatic rings. The van der Waals surface area contributed by atoms with Gasteiger partial charge in [-0.05, 0) is 42.4 Å². The van der Waals surface area contributed by atoms with Crippen LogP contribution in [0.4, 0.5) is 0 Å². The van der Waals surface area contributed by atoms with Gasteiger partial charge >= 0.3 is 0 Å². The molecule has 0 aliphatic rings. The van der Waals surface area contributed by atoms with Gasteiger partial charge in [-0.1, -0.05) is 41.9 Å². The van der Waals surface area contributed by atoms with Crippen LogP contribution in [0.25, 0.3) is 0 Å². The maximum Gasteiger partial charge on any atom is 0.189 e. The largest absolute Gasteiger partial charge is 0.491 e. The van der Waals surface area contributed by atoms with E-state index in [9.17, 15) is 0 Å². The monoisotopic (exact) mass is 391 g/mol. The van der Waals surface area contributed by atoms with Crippen molar-refractivity contribution < 1.29 is 9.47 Å². The lowest BCUT2D eigenvalue weighted by Crippen LogP contribution is -2.33. The Morgan fingerprint density at radius 1 is 1.31 bits per heavy atom. The molecule has 0 radical (unpaired) electrons. The van der Waals surface area contributed by atoms with E-state index in [1.807, 2.05) is 43.3 Å². The van der Waals surface area contributed by atoms with Gasteiger partial charge in [0.2, 0.25) is 0 Å². The van der Waals surface area contributed by atoms with E-state index in [2.05, 4.69) is 10.4 Å². The van der Waals surface area contributed by atoms with Gasteiger partial charge in [0, 0.05) is 13.6 Å².